The molecule has 0 unspecified atom stereocenters. The predicted octanol–water partition coefficient (Wildman–Crippen LogP) is 5.81. The van der Waals surface area contributed by atoms with Gasteiger partial charge in [0.15, 0.2) is 16.3 Å². The predicted molar refractivity (Wildman–Crippen MR) is 170 cm³/mol. The van der Waals surface area contributed by atoms with Crippen LogP contribution in [0.2, 0.25) is 5.02 Å². The summed E-state index contributed by atoms with van der Waals surface area (Å²) in [4.78, 5) is 32.4. The van der Waals surface area contributed by atoms with Gasteiger partial charge in [-0.15, -0.1) is 0 Å². The van der Waals surface area contributed by atoms with Gasteiger partial charge in [0.1, 0.15) is 12.4 Å². The third-order valence-corrected chi connectivity index (χ3v) is 8.86. The lowest BCUT2D eigenvalue weighted by Crippen LogP contribution is -2.40. The van der Waals surface area contributed by atoms with Crippen LogP contribution in [0.3, 0.4) is 0 Å². The maximum absolute atomic E-state index is 14.0. The van der Waals surface area contributed by atoms with E-state index in [1.54, 1.807) is 32.1 Å². The summed E-state index contributed by atoms with van der Waals surface area (Å²) in [5.41, 5.74) is 2.70. The highest BCUT2D eigenvalue weighted by molar-refractivity contribution is 9.10. The van der Waals surface area contributed by atoms with Crippen molar-refractivity contribution in [2.45, 2.75) is 26.5 Å². The van der Waals surface area contributed by atoms with Crippen LogP contribution in [-0.4, -0.2) is 31.4 Å². The molecule has 2 heterocycles. The van der Waals surface area contributed by atoms with E-state index >= 15 is 0 Å². The second-order valence-corrected chi connectivity index (χ2v) is 11.8. The highest BCUT2D eigenvalue weighted by Crippen LogP contribution is 2.40. The van der Waals surface area contributed by atoms with E-state index in [0.717, 1.165) is 11.1 Å². The van der Waals surface area contributed by atoms with Crippen molar-refractivity contribution >= 4 is 50.9 Å². The Morgan fingerprint density at radius 3 is 2.56 bits per heavy atom. The van der Waals surface area contributed by atoms with E-state index in [-0.39, 0.29) is 17.7 Å². The SMILES string of the molecule is CCOC(=O)C1=C(C)N=c2s/c(=C/c3cccc(OCc4ccccc4Cl)c3)c(=O)n2[C@@H]1c1cc(OC)c(OC)cc1Br. The van der Waals surface area contributed by atoms with Gasteiger partial charge < -0.3 is 18.9 Å². The molecule has 0 aliphatic carbocycles. The topological polar surface area (TPSA) is 88.4 Å². The van der Waals surface area contributed by atoms with Crippen LogP contribution in [0.15, 0.2) is 86.2 Å². The van der Waals surface area contributed by atoms with Gasteiger partial charge in [-0.05, 0) is 61.4 Å². The van der Waals surface area contributed by atoms with Gasteiger partial charge >= 0.3 is 5.97 Å². The smallest absolute Gasteiger partial charge is 0.338 e. The zero-order valence-electron chi connectivity index (χ0n) is 23.9. The first-order valence-corrected chi connectivity index (χ1v) is 15.3. The first-order valence-electron chi connectivity index (χ1n) is 13.3. The molecule has 11 heteroatoms. The van der Waals surface area contributed by atoms with Crippen molar-refractivity contribution in [2.75, 3.05) is 20.8 Å². The lowest BCUT2D eigenvalue weighted by atomic mass is 9.95. The van der Waals surface area contributed by atoms with Gasteiger partial charge in [-0.2, -0.15) is 0 Å². The maximum Gasteiger partial charge on any atom is 0.338 e. The molecule has 0 saturated carbocycles. The Kier molecular flexibility index (Phi) is 9.39. The lowest BCUT2D eigenvalue weighted by Gasteiger charge is -2.26. The van der Waals surface area contributed by atoms with Gasteiger partial charge in [0.05, 0.1) is 42.7 Å². The van der Waals surface area contributed by atoms with E-state index < -0.39 is 12.0 Å². The number of hydrogen-bond donors (Lipinski definition) is 0. The Bertz CT molecular complexity index is 1920. The number of benzene rings is 3. The van der Waals surface area contributed by atoms with Crippen molar-refractivity contribution in [3.63, 3.8) is 0 Å². The summed E-state index contributed by atoms with van der Waals surface area (Å²) in [7, 11) is 3.07. The molecule has 0 bridgehead atoms. The van der Waals surface area contributed by atoms with E-state index in [2.05, 4.69) is 20.9 Å². The molecule has 1 aromatic heterocycles. The molecule has 0 N–H and O–H groups in total. The first kappa shape index (κ1) is 30.6. The highest BCUT2D eigenvalue weighted by atomic mass is 79.9. The monoisotopic (exact) mass is 682 g/mol. The molecule has 0 radical (unpaired) electrons. The average Bonchev–Trinajstić information content (AvgIpc) is 3.30. The van der Waals surface area contributed by atoms with Crippen LogP contribution < -0.4 is 29.1 Å². The molecular weight excluding hydrogens is 656 g/mol. The van der Waals surface area contributed by atoms with Crippen LogP contribution in [0.1, 0.15) is 36.6 Å². The molecule has 1 atom stereocenters. The number of nitrogens with zero attached hydrogens (tertiary/aromatic N) is 2. The fraction of sp³-hybridized carbons (Fsp3) is 0.219. The Hall–Kier alpha value is -3.86. The first-order chi connectivity index (χ1) is 20.7. The molecule has 8 nitrogen and oxygen atoms in total. The van der Waals surface area contributed by atoms with Gasteiger partial charge in [0.25, 0.3) is 5.56 Å². The fourth-order valence-electron chi connectivity index (χ4n) is 4.79. The molecule has 0 fully saturated rings. The summed E-state index contributed by atoms with van der Waals surface area (Å²) in [6.07, 6.45) is 1.79. The van der Waals surface area contributed by atoms with E-state index in [9.17, 15) is 9.59 Å². The number of methoxy groups -OCH3 is 2. The normalized spacial score (nSPS) is 14.7. The number of thiazole rings is 1. The number of rotatable bonds is 9. The van der Waals surface area contributed by atoms with Crippen molar-refractivity contribution < 1.29 is 23.7 Å². The minimum absolute atomic E-state index is 0.175. The molecular formula is C32H28BrClN2O6S. The Balaban J connectivity index is 1.60. The number of allylic oxidation sites excluding steroid dienone is 1. The number of carbonyl (C=O) groups excluding carboxylic acids is 1. The van der Waals surface area contributed by atoms with E-state index in [4.69, 9.17) is 30.5 Å². The van der Waals surface area contributed by atoms with Crippen LogP contribution in [0.5, 0.6) is 17.2 Å². The van der Waals surface area contributed by atoms with Crippen LogP contribution in [-0.2, 0) is 16.1 Å². The van der Waals surface area contributed by atoms with Crippen molar-refractivity contribution in [1.82, 2.24) is 4.57 Å². The summed E-state index contributed by atoms with van der Waals surface area (Å²) in [5.74, 6) is 1.04. The summed E-state index contributed by atoms with van der Waals surface area (Å²) >= 11 is 11.1. The summed E-state index contributed by atoms with van der Waals surface area (Å²) in [6, 6.07) is 17.6. The van der Waals surface area contributed by atoms with Crippen molar-refractivity contribution in [3.05, 3.63) is 118 Å². The summed E-state index contributed by atoms with van der Waals surface area (Å²) in [5, 5.41) is 0.632. The van der Waals surface area contributed by atoms with Crippen LogP contribution in [0, 0.1) is 0 Å². The quantitative estimate of drug-likeness (QED) is 0.207. The number of halogens is 2. The number of ether oxygens (including phenoxy) is 4. The molecule has 43 heavy (non-hydrogen) atoms. The molecule has 0 saturated heterocycles. The van der Waals surface area contributed by atoms with Gasteiger partial charge in [-0.1, -0.05) is 69.2 Å². The summed E-state index contributed by atoms with van der Waals surface area (Å²) < 4.78 is 25.0. The molecule has 222 valence electrons. The Labute approximate surface area is 265 Å². The molecule has 0 spiro atoms. The molecule has 3 aromatic carbocycles. The minimum atomic E-state index is -0.822. The van der Waals surface area contributed by atoms with Gasteiger partial charge in [-0.25, -0.2) is 9.79 Å². The van der Waals surface area contributed by atoms with E-state index in [1.807, 2.05) is 48.5 Å². The number of hydrogen-bond acceptors (Lipinski definition) is 8. The van der Waals surface area contributed by atoms with Crippen molar-refractivity contribution in [2.24, 2.45) is 4.99 Å². The van der Waals surface area contributed by atoms with Crippen molar-refractivity contribution in [1.29, 1.82) is 0 Å². The van der Waals surface area contributed by atoms with Gasteiger partial charge in [0, 0.05) is 15.1 Å². The highest BCUT2D eigenvalue weighted by Gasteiger charge is 2.35. The van der Waals surface area contributed by atoms with Crippen LogP contribution in [0.25, 0.3) is 6.08 Å². The lowest BCUT2D eigenvalue weighted by molar-refractivity contribution is -0.139. The number of carbonyl (C=O) groups is 1. The van der Waals surface area contributed by atoms with Crippen LogP contribution in [0.4, 0.5) is 0 Å². The van der Waals surface area contributed by atoms with Gasteiger partial charge in [-0.3, -0.25) is 9.36 Å². The van der Waals surface area contributed by atoms with E-state index in [0.29, 0.717) is 53.9 Å². The second kappa shape index (κ2) is 13.2. The van der Waals surface area contributed by atoms with Crippen molar-refractivity contribution in [3.8, 4) is 17.2 Å². The molecule has 5 rings (SSSR count). The number of aromatic nitrogens is 1. The van der Waals surface area contributed by atoms with Gasteiger partial charge in [0.2, 0.25) is 0 Å². The molecule has 4 aromatic rings. The third-order valence-electron chi connectivity index (χ3n) is 6.82. The number of fused-ring (bicyclic) bond motifs is 1. The molecule has 0 amide bonds. The number of esters is 1. The van der Waals surface area contributed by atoms with Crippen LogP contribution >= 0.6 is 38.9 Å². The largest absolute Gasteiger partial charge is 0.493 e. The molecule has 1 aliphatic rings. The molecule has 1 aliphatic heterocycles. The van der Waals surface area contributed by atoms with E-state index in [1.165, 1.54) is 30.1 Å². The Morgan fingerprint density at radius 2 is 1.84 bits per heavy atom. The average molecular weight is 684 g/mol. The second-order valence-electron chi connectivity index (χ2n) is 9.48. The minimum Gasteiger partial charge on any atom is -0.493 e. The summed E-state index contributed by atoms with van der Waals surface area (Å²) in [6.45, 7) is 3.96. The fourth-order valence-corrected chi connectivity index (χ4v) is 6.56. The zero-order chi connectivity index (χ0) is 30.7. The Morgan fingerprint density at radius 1 is 1.09 bits per heavy atom. The zero-order valence-corrected chi connectivity index (χ0v) is 27.0. The maximum atomic E-state index is 14.0. The third kappa shape index (κ3) is 6.27. The standard InChI is InChI=1S/C32H28BrClN2O6S/c1-5-41-31(38)28-18(2)35-32-36(29(28)22-15-25(39-3)26(40-4)16-23(22)33)30(37)27(43-32)14-19-9-8-11-21(13-19)42-17-20-10-6-7-12-24(20)34/h6-16,29H,5,17H2,1-4H3/b27-14+/t29-/m1/s1.